The van der Waals surface area contributed by atoms with Crippen LogP contribution in [0.15, 0.2) is 29.3 Å². The van der Waals surface area contributed by atoms with Crippen LogP contribution in [0.3, 0.4) is 0 Å². The molecule has 1 aliphatic rings. The highest BCUT2D eigenvalue weighted by atomic mass is 32.2. The second kappa shape index (κ2) is 8.39. The van der Waals surface area contributed by atoms with Crippen LogP contribution in [0.2, 0.25) is 0 Å². The Morgan fingerprint density at radius 3 is 2.72 bits per heavy atom. The van der Waals surface area contributed by atoms with Crippen molar-refractivity contribution in [3.63, 3.8) is 0 Å². The number of aromatic nitrogens is 3. The van der Waals surface area contributed by atoms with E-state index >= 15 is 0 Å². The number of halogens is 1. The van der Waals surface area contributed by atoms with Crippen LogP contribution in [0.25, 0.3) is 21.3 Å². The second-order valence-corrected chi connectivity index (χ2v) is 10.6. The van der Waals surface area contributed by atoms with E-state index in [1.165, 1.54) is 18.5 Å². The molecule has 1 fully saturated rings. The maximum Gasteiger partial charge on any atom is 0.344 e. The minimum absolute atomic E-state index is 0.0428. The lowest BCUT2D eigenvalue weighted by atomic mass is 10.1. The number of carbonyl (C=O) groups is 2. The smallest absolute Gasteiger partial charge is 0.344 e. The van der Waals surface area contributed by atoms with Crippen molar-refractivity contribution in [2.24, 2.45) is 0 Å². The maximum atomic E-state index is 14.6. The molecule has 13 heteroatoms. The number of sulfone groups is 1. The molecule has 1 atom stereocenters. The first-order valence-corrected chi connectivity index (χ1v) is 12.3. The molecule has 2 aromatic heterocycles. The Hall–Kier alpha value is -3.19. The monoisotopic (exact) mass is 479 g/mol. The molecule has 2 amide bonds. The summed E-state index contributed by atoms with van der Waals surface area (Å²) >= 11 is 0.926. The largest absolute Gasteiger partial charge is 0.352 e. The molecule has 1 unspecified atom stereocenters. The number of H-pyrrole nitrogens is 1. The van der Waals surface area contributed by atoms with Gasteiger partial charge in [-0.15, -0.1) is 11.3 Å². The quantitative estimate of drug-likeness (QED) is 0.450. The predicted molar refractivity (Wildman–Crippen MR) is 115 cm³/mol. The summed E-state index contributed by atoms with van der Waals surface area (Å²) in [6.45, 7) is -0.357. The van der Waals surface area contributed by atoms with Crippen LogP contribution in [0, 0.1) is 5.82 Å². The summed E-state index contributed by atoms with van der Waals surface area (Å²) in [5.74, 6) is -1.94. The third kappa shape index (κ3) is 4.83. The normalized spacial score (nSPS) is 14.8. The van der Waals surface area contributed by atoms with Gasteiger partial charge in [0.1, 0.15) is 10.8 Å². The summed E-state index contributed by atoms with van der Waals surface area (Å²) in [5, 5.41) is 3.35. The van der Waals surface area contributed by atoms with Crippen LogP contribution in [0.4, 0.5) is 4.39 Å². The topological polar surface area (TPSA) is 151 Å². The fourth-order valence-corrected chi connectivity index (χ4v) is 5.57. The molecule has 0 saturated heterocycles. The fraction of sp³-hybridized carbons (Fsp3) is 0.316. The Morgan fingerprint density at radius 2 is 2.09 bits per heavy atom. The first-order valence-electron chi connectivity index (χ1n) is 9.53. The van der Waals surface area contributed by atoms with Gasteiger partial charge in [0.25, 0.3) is 0 Å². The van der Waals surface area contributed by atoms with Gasteiger partial charge in [0, 0.05) is 41.9 Å². The van der Waals surface area contributed by atoms with E-state index < -0.39 is 38.4 Å². The number of fused-ring (bicyclic) bond motifs is 1. The first-order chi connectivity index (χ1) is 15.1. The second-order valence-electron chi connectivity index (χ2n) is 7.43. The molecular weight excluding hydrogens is 461 g/mol. The van der Waals surface area contributed by atoms with Gasteiger partial charge in [-0.3, -0.25) is 9.59 Å². The summed E-state index contributed by atoms with van der Waals surface area (Å²) in [7, 11) is -3.94. The van der Waals surface area contributed by atoms with Crippen molar-refractivity contribution in [2.45, 2.75) is 24.1 Å². The zero-order valence-corrected chi connectivity index (χ0v) is 18.3. The number of thiazole rings is 1. The van der Waals surface area contributed by atoms with Crippen molar-refractivity contribution in [1.29, 1.82) is 0 Å². The van der Waals surface area contributed by atoms with Crippen molar-refractivity contribution in [1.82, 2.24) is 25.6 Å². The van der Waals surface area contributed by atoms with Gasteiger partial charge in [-0.2, -0.15) is 0 Å². The maximum absolute atomic E-state index is 14.6. The van der Waals surface area contributed by atoms with E-state index in [2.05, 4.69) is 25.6 Å². The molecule has 0 bridgehead atoms. The van der Waals surface area contributed by atoms with E-state index in [1.807, 2.05) is 0 Å². The number of aromatic amines is 1. The van der Waals surface area contributed by atoms with E-state index in [0.29, 0.717) is 10.3 Å². The zero-order chi connectivity index (χ0) is 23.0. The third-order valence-electron chi connectivity index (χ3n) is 4.73. The number of amides is 2. The molecule has 1 aliphatic carbocycles. The lowest BCUT2D eigenvalue weighted by molar-refractivity contribution is -0.126. The molecule has 10 nitrogen and oxygen atoms in total. The summed E-state index contributed by atoms with van der Waals surface area (Å²) < 4.78 is 39.8. The van der Waals surface area contributed by atoms with Gasteiger partial charge in [-0.05, 0) is 18.9 Å². The predicted octanol–water partition coefficient (Wildman–Crippen LogP) is 0.666. The molecule has 1 aromatic carbocycles. The molecule has 32 heavy (non-hydrogen) atoms. The lowest BCUT2D eigenvalue weighted by Crippen LogP contribution is -2.41. The SMILES string of the molecule is CS(=O)(=O)C(C(=O)NCC(=O)NC1CC1)c1nc2cc(F)c(-c3cnc(=O)[nH]c3)cc2s1. The van der Waals surface area contributed by atoms with E-state index in [1.54, 1.807) is 0 Å². The Labute approximate surface area is 185 Å². The van der Waals surface area contributed by atoms with Gasteiger partial charge in [0.05, 0.1) is 16.8 Å². The number of hydrogen-bond donors (Lipinski definition) is 3. The number of nitrogens with zero attached hydrogens (tertiary/aromatic N) is 2. The Bertz CT molecular complexity index is 1360. The molecule has 3 aromatic rings. The Kier molecular flexibility index (Phi) is 5.77. The van der Waals surface area contributed by atoms with Crippen molar-refractivity contribution >= 4 is 43.2 Å². The molecule has 2 heterocycles. The molecule has 168 valence electrons. The van der Waals surface area contributed by atoms with Crippen LogP contribution in [0.5, 0.6) is 0 Å². The number of nitrogens with one attached hydrogen (secondary N) is 3. The van der Waals surface area contributed by atoms with E-state index in [-0.39, 0.29) is 28.7 Å². The van der Waals surface area contributed by atoms with E-state index in [4.69, 9.17) is 0 Å². The van der Waals surface area contributed by atoms with Crippen molar-refractivity contribution in [2.75, 3.05) is 12.8 Å². The van der Waals surface area contributed by atoms with Gasteiger partial charge >= 0.3 is 5.69 Å². The van der Waals surface area contributed by atoms with Crippen LogP contribution < -0.4 is 16.3 Å². The molecular formula is C19H18FN5O5S2. The Morgan fingerprint density at radius 1 is 1.34 bits per heavy atom. The molecule has 0 aliphatic heterocycles. The third-order valence-corrected chi connectivity index (χ3v) is 7.26. The average Bonchev–Trinajstić information content (AvgIpc) is 3.43. The minimum Gasteiger partial charge on any atom is -0.352 e. The average molecular weight is 480 g/mol. The summed E-state index contributed by atoms with van der Waals surface area (Å²) in [6.07, 6.45) is 5.17. The highest BCUT2D eigenvalue weighted by molar-refractivity contribution is 7.91. The van der Waals surface area contributed by atoms with Crippen LogP contribution >= 0.6 is 11.3 Å². The van der Waals surface area contributed by atoms with Crippen LogP contribution in [-0.4, -0.2) is 54.0 Å². The van der Waals surface area contributed by atoms with Gasteiger partial charge in [0.2, 0.25) is 11.8 Å². The highest BCUT2D eigenvalue weighted by Gasteiger charge is 2.34. The van der Waals surface area contributed by atoms with E-state index in [0.717, 1.165) is 36.5 Å². The first kappa shape index (κ1) is 22.0. The molecule has 0 radical (unpaired) electrons. The Balaban J connectivity index is 1.63. The number of hydrogen-bond acceptors (Lipinski definition) is 8. The molecule has 1 saturated carbocycles. The zero-order valence-electron chi connectivity index (χ0n) is 16.7. The lowest BCUT2D eigenvalue weighted by Gasteiger charge is -2.12. The van der Waals surface area contributed by atoms with Crippen molar-refractivity contribution in [3.8, 4) is 11.1 Å². The molecule has 3 N–H and O–H groups in total. The van der Waals surface area contributed by atoms with Gasteiger partial charge < -0.3 is 15.6 Å². The van der Waals surface area contributed by atoms with E-state index in [9.17, 15) is 27.2 Å². The van der Waals surface area contributed by atoms with Crippen LogP contribution in [0.1, 0.15) is 23.1 Å². The van der Waals surface area contributed by atoms with Gasteiger partial charge in [-0.1, -0.05) is 0 Å². The number of benzene rings is 1. The minimum atomic E-state index is -3.94. The number of rotatable bonds is 7. The summed E-state index contributed by atoms with van der Waals surface area (Å²) in [4.78, 5) is 45.7. The standard InChI is InChI=1S/C19H18FN5O5S2/c1-32(29,30)16(17(27)21-8-15(26)24-10-2-3-10)18-25-13-5-12(20)11(4-14(13)31-18)9-6-22-19(28)23-7-9/h4-7,10,16H,2-3,8H2,1H3,(H,21,27)(H,24,26)(H,22,23,28). The van der Waals surface area contributed by atoms with Gasteiger partial charge in [-0.25, -0.2) is 27.6 Å². The van der Waals surface area contributed by atoms with Crippen molar-refractivity contribution in [3.05, 3.63) is 45.8 Å². The molecule has 4 rings (SSSR count). The van der Waals surface area contributed by atoms with Crippen LogP contribution in [-0.2, 0) is 19.4 Å². The fourth-order valence-electron chi connectivity index (χ4n) is 3.05. The number of carbonyl (C=O) groups excluding carboxylic acids is 2. The summed E-state index contributed by atoms with van der Waals surface area (Å²) in [6, 6.07) is 2.67. The molecule has 0 spiro atoms. The summed E-state index contributed by atoms with van der Waals surface area (Å²) in [5.41, 5.74) is 0.0475. The van der Waals surface area contributed by atoms with Gasteiger partial charge in [0.15, 0.2) is 15.1 Å². The van der Waals surface area contributed by atoms with Crippen molar-refractivity contribution < 1.29 is 22.4 Å². The highest BCUT2D eigenvalue weighted by Crippen LogP contribution is 2.34.